The van der Waals surface area contributed by atoms with Gasteiger partial charge in [-0.2, -0.15) is 0 Å². The fourth-order valence-corrected chi connectivity index (χ4v) is 3.19. The summed E-state index contributed by atoms with van der Waals surface area (Å²) in [6, 6.07) is 24.6. The lowest BCUT2D eigenvalue weighted by molar-refractivity contribution is 0.150. The highest BCUT2D eigenvalue weighted by atomic mass is 16.3. The molecule has 1 heterocycles. The first-order valence-corrected chi connectivity index (χ1v) is 9.28. The molecule has 0 aliphatic carbocycles. The van der Waals surface area contributed by atoms with Gasteiger partial charge in [0.1, 0.15) is 5.82 Å². The molecule has 0 spiro atoms. The monoisotopic (exact) mass is 362 g/mol. The molecule has 27 heavy (non-hydrogen) atoms. The molecule has 0 aliphatic heterocycles. The smallest absolute Gasteiger partial charge is 0.132 e. The Bertz CT molecular complexity index is 763. The number of anilines is 1. The van der Waals surface area contributed by atoms with Crippen LogP contribution in [0.3, 0.4) is 0 Å². The van der Waals surface area contributed by atoms with Gasteiger partial charge in [0.25, 0.3) is 0 Å². The van der Waals surface area contributed by atoms with Gasteiger partial charge >= 0.3 is 0 Å². The molecule has 0 aliphatic rings. The molecule has 0 saturated heterocycles. The minimum absolute atomic E-state index is 0.0395. The highest BCUT2D eigenvalue weighted by Crippen LogP contribution is 2.24. The normalized spacial score (nSPS) is 10.9. The highest BCUT2D eigenvalue weighted by molar-refractivity contribution is 5.48. The zero-order chi connectivity index (χ0) is 18.9. The second kappa shape index (κ2) is 9.86. The van der Waals surface area contributed by atoms with Crippen LogP contribution in [0.1, 0.15) is 16.7 Å². The zero-order valence-electron chi connectivity index (χ0n) is 15.4. The number of hydrogen-bond acceptors (Lipinski definition) is 4. The number of pyridine rings is 1. The summed E-state index contributed by atoms with van der Waals surface area (Å²) in [5.74, 6) is 0.723. The third-order valence-corrected chi connectivity index (χ3v) is 4.62. The third-order valence-electron chi connectivity index (χ3n) is 4.62. The first-order valence-electron chi connectivity index (χ1n) is 9.28. The molecule has 0 unspecified atom stereocenters. The average molecular weight is 362 g/mol. The Labute approximate surface area is 160 Å². The average Bonchev–Trinajstić information content (AvgIpc) is 2.73. The number of aromatic nitrogens is 1. The van der Waals surface area contributed by atoms with E-state index >= 15 is 0 Å². The van der Waals surface area contributed by atoms with E-state index in [1.54, 1.807) is 6.20 Å². The van der Waals surface area contributed by atoms with Gasteiger partial charge in [0.05, 0.1) is 0 Å². The van der Waals surface area contributed by atoms with Gasteiger partial charge in [-0.05, 0) is 29.2 Å². The van der Waals surface area contributed by atoms with E-state index in [0.29, 0.717) is 6.42 Å². The Morgan fingerprint density at radius 3 is 1.81 bits per heavy atom. The van der Waals surface area contributed by atoms with E-state index in [2.05, 4.69) is 34.1 Å². The van der Waals surface area contributed by atoms with Gasteiger partial charge in [0.15, 0.2) is 0 Å². The lowest BCUT2D eigenvalue weighted by Gasteiger charge is -2.27. The van der Waals surface area contributed by atoms with Gasteiger partial charge in [-0.1, -0.05) is 66.7 Å². The van der Waals surface area contributed by atoms with Crippen molar-refractivity contribution in [3.8, 4) is 0 Å². The molecule has 4 nitrogen and oxygen atoms in total. The number of aliphatic hydroxyl groups excluding tert-OH is 2. The van der Waals surface area contributed by atoms with Crippen molar-refractivity contribution in [2.24, 2.45) is 5.92 Å². The van der Waals surface area contributed by atoms with E-state index in [-0.39, 0.29) is 19.1 Å². The Hall–Kier alpha value is -2.69. The second-order valence-electron chi connectivity index (χ2n) is 6.75. The number of benzene rings is 2. The van der Waals surface area contributed by atoms with E-state index in [9.17, 15) is 10.2 Å². The van der Waals surface area contributed by atoms with Crippen LogP contribution in [0, 0.1) is 5.92 Å². The number of hydrogen-bond donors (Lipinski definition) is 2. The van der Waals surface area contributed by atoms with E-state index in [4.69, 9.17) is 0 Å². The summed E-state index contributed by atoms with van der Waals surface area (Å²) in [6.07, 6.45) is 2.39. The molecule has 3 rings (SSSR count). The molecule has 0 saturated carbocycles. The molecule has 2 N–H and O–H groups in total. The first-order chi connectivity index (χ1) is 13.3. The molecule has 3 aromatic rings. The molecule has 0 amide bonds. The second-order valence-corrected chi connectivity index (χ2v) is 6.75. The summed E-state index contributed by atoms with van der Waals surface area (Å²) >= 11 is 0. The summed E-state index contributed by atoms with van der Waals surface area (Å²) in [6.45, 7) is 1.40. The van der Waals surface area contributed by atoms with Crippen LogP contribution in [0.25, 0.3) is 0 Å². The summed E-state index contributed by atoms with van der Waals surface area (Å²) < 4.78 is 0. The standard InChI is InChI=1S/C23H26N2O2/c26-17-21(18-27)14-22-12-7-13-24-23(22)25(15-19-8-3-1-4-9-19)16-20-10-5-2-6-11-20/h1-13,21,26-27H,14-18H2. The van der Waals surface area contributed by atoms with Crippen LogP contribution in [-0.4, -0.2) is 28.4 Å². The van der Waals surface area contributed by atoms with Gasteiger partial charge in [-0.3, -0.25) is 0 Å². The zero-order valence-corrected chi connectivity index (χ0v) is 15.4. The SMILES string of the molecule is OCC(CO)Cc1cccnc1N(Cc1ccccc1)Cc1ccccc1. The van der Waals surface area contributed by atoms with Gasteiger partial charge in [0, 0.05) is 38.4 Å². The predicted octanol–water partition coefficient (Wildman–Crippen LogP) is 3.43. The van der Waals surface area contributed by atoms with Crippen molar-refractivity contribution >= 4 is 5.82 Å². The van der Waals surface area contributed by atoms with Crippen molar-refractivity contribution in [3.63, 3.8) is 0 Å². The molecule has 0 atom stereocenters. The van der Waals surface area contributed by atoms with Gasteiger partial charge < -0.3 is 15.1 Å². The maximum absolute atomic E-state index is 9.49. The Kier molecular flexibility index (Phi) is 6.97. The van der Waals surface area contributed by atoms with Crippen LogP contribution in [0.5, 0.6) is 0 Å². The molecule has 2 aromatic carbocycles. The molecule has 0 bridgehead atoms. The first kappa shape index (κ1) is 19.1. The Morgan fingerprint density at radius 2 is 1.30 bits per heavy atom. The minimum Gasteiger partial charge on any atom is -0.396 e. The number of aliphatic hydroxyl groups is 2. The number of rotatable bonds is 9. The van der Waals surface area contributed by atoms with Crippen molar-refractivity contribution in [1.29, 1.82) is 0 Å². The van der Waals surface area contributed by atoms with Crippen molar-refractivity contribution in [2.75, 3.05) is 18.1 Å². The van der Waals surface area contributed by atoms with Crippen LogP contribution < -0.4 is 4.90 Å². The largest absolute Gasteiger partial charge is 0.396 e. The van der Waals surface area contributed by atoms with Crippen LogP contribution >= 0.6 is 0 Å². The molecular formula is C23H26N2O2. The van der Waals surface area contributed by atoms with E-state index < -0.39 is 0 Å². The third kappa shape index (κ3) is 5.39. The number of nitrogens with zero attached hydrogens (tertiary/aromatic N) is 2. The van der Waals surface area contributed by atoms with Crippen molar-refractivity contribution in [2.45, 2.75) is 19.5 Å². The van der Waals surface area contributed by atoms with Crippen molar-refractivity contribution in [1.82, 2.24) is 4.98 Å². The molecular weight excluding hydrogens is 336 g/mol. The topological polar surface area (TPSA) is 56.6 Å². The molecule has 4 heteroatoms. The van der Waals surface area contributed by atoms with Gasteiger partial charge in [-0.25, -0.2) is 4.98 Å². The van der Waals surface area contributed by atoms with Gasteiger partial charge in [0.2, 0.25) is 0 Å². The quantitative estimate of drug-likeness (QED) is 0.612. The lowest BCUT2D eigenvalue weighted by atomic mass is 10.0. The van der Waals surface area contributed by atoms with Crippen LogP contribution in [0.2, 0.25) is 0 Å². The Balaban J connectivity index is 1.92. The van der Waals surface area contributed by atoms with Crippen molar-refractivity contribution in [3.05, 3.63) is 95.7 Å². The predicted molar refractivity (Wildman–Crippen MR) is 108 cm³/mol. The molecule has 140 valence electrons. The minimum atomic E-state index is -0.178. The summed E-state index contributed by atoms with van der Waals surface area (Å²) in [4.78, 5) is 6.91. The van der Waals surface area contributed by atoms with Gasteiger partial charge in [-0.15, -0.1) is 0 Å². The maximum Gasteiger partial charge on any atom is 0.132 e. The fourth-order valence-electron chi connectivity index (χ4n) is 3.19. The summed E-state index contributed by atoms with van der Waals surface area (Å²) in [7, 11) is 0. The van der Waals surface area contributed by atoms with Crippen LogP contribution in [-0.2, 0) is 19.5 Å². The highest BCUT2D eigenvalue weighted by Gasteiger charge is 2.17. The molecule has 0 fully saturated rings. The van der Waals surface area contributed by atoms with Crippen LogP contribution in [0.4, 0.5) is 5.82 Å². The van der Waals surface area contributed by atoms with E-state index in [1.807, 2.05) is 48.5 Å². The molecule has 0 radical (unpaired) electrons. The van der Waals surface area contributed by atoms with E-state index in [0.717, 1.165) is 24.5 Å². The summed E-state index contributed by atoms with van der Waals surface area (Å²) in [5, 5.41) is 19.0. The van der Waals surface area contributed by atoms with E-state index in [1.165, 1.54) is 11.1 Å². The summed E-state index contributed by atoms with van der Waals surface area (Å²) in [5.41, 5.74) is 3.47. The van der Waals surface area contributed by atoms with Crippen LogP contribution in [0.15, 0.2) is 79.0 Å². The lowest BCUT2D eigenvalue weighted by Crippen LogP contribution is -2.25. The van der Waals surface area contributed by atoms with Crippen molar-refractivity contribution < 1.29 is 10.2 Å². The Morgan fingerprint density at radius 1 is 0.741 bits per heavy atom. The maximum atomic E-state index is 9.49. The molecule has 1 aromatic heterocycles. The fraction of sp³-hybridized carbons (Fsp3) is 0.261.